The summed E-state index contributed by atoms with van der Waals surface area (Å²) < 4.78 is 3.43. The van der Waals surface area contributed by atoms with E-state index in [0.717, 1.165) is 17.4 Å². The third-order valence-corrected chi connectivity index (χ3v) is 4.39. The summed E-state index contributed by atoms with van der Waals surface area (Å²) in [5.41, 5.74) is 3.83. The molecule has 1 unspecified atom stereocenters. The van der Waals surface area contributed by atoms with Crippen LogP contribution in [0.15, 0.2) is 35.1 Å². The minimum atomic E-state index is 0.226. The highest BCUT2D eigenvalue weighted by Crippen LogP contribution is 2.33. The molecular formula is C15H18BrN3. The van der Waals surface area contributed by atoms with Gasteiger partial charge in [0.1, 0.15) is 0 Å². The lowest BCUT2D eigenvalue weighted by Gasteiger charge is -2.28. The van der Waals surface area contributed by atoms with Gasteiger partial charge >= 0.3 is 0 Å². The predicted molar refractivity (Wildman–Crippen MR) is 80.3 cm³/mol. The molecule has 4 heteroatoms. The van der Waals surface area contributed by atoms with Crippen molar-refractivity contribution in [3.05, 3.63) is 52.0 Å². The molecule has 2 aromatic rings. The topological polar surface area (TPSA) is 29.9 Å². The molecule has 19 heavy (non-hydrogen) atoms. The van der Waals surface area contributed by atoms with E-state index in [9.17, 15) is 0 Å². The summed E-state index contributed by atoms with van der Waals surface area (Å²) in [6.07, 6.45) is 2.99. The van der Waals surface area contributed by atoms with Crippen molar-refractivity contribution in [2.24, 2.45) is 0 Å². The van der Waals surface area contributed by atoms with Crippen molar-refractivity contribution < 1.29 is 0 Å². The number of benzene rings is 1. The van der Waals surface area contributed by atoms with Crippen LogP contribution >= 0.6 is 15.9 Å². The Labute approximate surface area is 122 Å². The van der Waals surface area contributed by atoms with Crippen molar-refractivity contribution in [2.45, 2.75) is 32.4 Å². The zero-order valence-electron chi connectivity index (χ0n) is 11.2. The van der Waals surface area contributed by atoms with Gasteiger partial charge in [-0.1, -0.05) is 34.1 Å². The van der Waals surface area contributed by atoms with Gasteiger partial charge < -0.3 is 9.88 Å². The summed E-state index contributed by atoms with van der Waals surface area (Å²) in [7, 11) is 0. The third-order valence-electron chi connectivity index (χ3n) is 3.67. The van der Waals surface area contributed by atoms with Crippen LogP contribution in [-0.4, -0.2) is 16.1 Å². The lowest BCUT2D eigenvalue weighted by atomic mass is 9.97. The van der Waals surface area contributed by atoms with Gasteiger partial charge in [0.05, 0.1) is 23.8 Å². The minimum Gasteiger partial charge on any atom is -0.330 e. The van der Waals surface area contributed by atoms with Gasteiger partial charge in [0.25, 0.3) is 0 Å². The van der Waals surface area contributed by atoms with Gasteiger partial charge in [0.2, 0.25) is 0 Å². The molecule has 3 rings (SSSR count). The fraction of sp³-hybridized carbons (Fsp3) is 0.400. The van der Waals surface area contributed by atoms with E-state index in [2.05, 4.69) is 68.9 Å². The average molecular weight is 320 g/mol. The van der Waals surface area contributed by atoms with Gasteiger partial charge in [0.15, 0.2) is 0 Å². The summed E-state index contributed by atoms with van der Waals surface area (Å²) in [6, 6.07) is 9.07. The van der Waals surface area contributed by atoms with Gasteiger partial charge in [-0.3, -0.25) is 0 Å². The van der Waals surface area contributed by atoms with Crippen molar-refractivity contribution in [1.29, 1.82) is 0 Å². The van der Waals surface area contributed by atoms with Crippen molar-refractivity contribution in [3.8, 4) is 0 Å². The molecule has 1 aliphatic rings. The van der Waals surface area contributed by atoms with Crippen molar-refractivity contribution in [2.75, 3.05) is 6.54 Å². The molecule has 0 saturated carbocycles. The molecule has 1 N–H and O–H groups in total. The molecule has 1 aromatic carbocycles. The molecule has 2 heterocycles. The zero-order valence-corrected chi connectivity index (χ0v) is 12.8. The summed E-state index contributed by atoms with van der Waals surface area (Å²) in [6.45, 7) is 5.38. The number of hydrogen-bond acceptors (Lipinski definition) is 2. The highest BCUT2D eigenvalue weighted by Gasteiger charge is 2.27. The molecule has 0 amide bonds. The van der Waals surface area contributed by atoms with E-state index in [1.165, 1.54) is 17.0 Å². The monoisotopic (exact) mass is 319 g/mol. The van der Waals surface area contributed by atoms with Crippen molar-refractivity contribution in [1.82, 2.24) is 14.9 Å². The van der Waals surface area contributed by atoms with Crippen LogP contribution in [0.3, 0.4) is 0 Å². The van der Waals surface area contributed by atoms with Gasteiger partial charge in [-0.2, -0.15) is 0 Å². The van der Waals surface area contributed by atoms with Crippen LogP contribution in [-0.2, 0) is 6.42 Å². The molecule has 1 aromatic heterocycles. The molecule has 1 atom stereocenters. The van der Waals surface area contributed by atoms with Gasteiger partial charge in [-0.05, 0) is 25.5 Å². The Bertz CT molecular complexity index is 589. The number of halogens is 1. The van der Waals surface area contributed by atoms with E-state index in [-0.39, 0.29) is 6.04 Å². The fourth-order valence-electron chi connectivity index (χ4n) is 2.73. The Kier molecular flexibility index (Phi) is 3.46. The van der Waals surface area contributed by atoms with Crippen LogP contribution in [0.5, 0.6) is 0 Å². The molecule has 100 valence electrons. The summed E-state index contributed by atoms with van der Waals surface area (Å²) in [5.74, 6) is 0. The maximum Gasteiger partial charge on any atom is 0.0954 e. The normalized spacial score (nSPS) is 18.6. The second-order valence-electron chi connectivity index (χ2n) is 5.24. The van der Waals surface area contributed by atoms with Gasteiger partial charge in [0, 0.05) is 23.5 Å². The van der Waals surface area contributed by atoms with Crippen molar-refractivity contribution in [3.63, 3.8) is 0 Å². The van der Waals surface area contributed by atoms with Crippen LogP contribution < -0.4 is 5.32 Å². The molecule has 3 nitrogen and oxygen atoms in total. The Hall–Kier alpha value is -1.13. The number of rotatable bonds is 2. The smallest absolute Gasteiger partial charge is 0.0954 e. The van der Waals surface area contributed by atoms with Crippen molar-refractivity contribution >= 4 is 15.9 Å². The first-order valence-corrected chi connectivity index (χ1v) is 7.51. The standard InChI is InChI=1S/C15H18BrN3/c1-10(2)19-9-18-13-7-8-17-14(15(13)19)11-5-3-4-6-12(11)16/h3-6,9-10,14,17H,7-8H2,1-2H3. The largest absolute Gasteiger partial charge is 0.330 e. The number of nitrogens with zero attached hydrogens (tertiary/aromatic N) is 2. The summed E-state index contributed by atoms with van der Waals surface area (Å²) in [5, 5.41) is 3.62. The Balaban J connectivity index is 2.12. The van der Waals surface area contributed by atoms with E-state index in [0.29, 0.717) is 6.04 Å². The summed E-state index contributed by atoms with van der Waals surface area (Å²) in [4.78, 5) is 4.59. The number of aromatic nitrogens is 2. The highest BCUT2D eigenvalue weighted by atomic mass is 79.9. The van der Waals surface area contributed by atoms with E-state index < -0.39 is 0 Å². The zero-order chi connectivity index (χ0) is 13.4. The van der Waals surface area contributed by atoms with Crippen LogP contribution in [0.2, 0.25) is 0 Å². The maximum atomic E-state index is 4.59. The van der Waals surface area contributed by atoms with E-state index in [1.807, 2.05) is 6.33 Å². The molecule has 0 saturated heterocycles. The third kappa shape index (κ3) is 2.23. The lowest BCUT2D eigenvalue weighted by molar-refractivity contribution is 0.491. The first kappa shape index (κ1) is 12.9. The number of imidazole rings is 1. The van der Waals surface area contributed by atoms with Gasteiger partial charge in [-0.25, -0.2) is 4.98 Å². The quantitative estimate of drug-likeness (QED) is 0.918. The predicted octanol–water partition coefficient (Wildman–Crippen LogP) is 3.46. The first-order valence-electron chi connectivity index (χ1n) is 6.72. The Morgan fingerprint density at radius 3 is 2.89 bits per heavy atom. The molecule has 0 radical (unpaired) electrons. The SMILES string of the molecule is CC(C)n1cnc2c1C(c1ccccc1Br)NCC2. The molecule has 0 bridgehead atoms. The second kappa shape index (κ2) is 5.10. The van der Waals surface area contributed by atoms with Crippen LogP contribution in [0.4, 0.5) is 0 Å². The van der Waals surface area contributed by atoms with E-state index in [1.54, 1.807) is 0 Å². The van der Waals surface area contributed by atoms with E-state index >= 15 is 0 Å². The van der Waals surface area contributed by atoms with Crippen LogP contribution in [0.1, 0.15) is 42.9 Å². The molecule has 1 aliphatic heterocycles. The molecule has 0 aliphatic carbocycles. The average Bonchev–Trinajstić information content (AvgIpc) is 2.83. The Morgan fingerprint density at radius 1 is 1.37 bits per heavy atom. The van der Waals surface area contributed by atoms with Gasteiger partial charge in [-0.15, -0.1) is 0 Å². The highest BCUT2D eigenvalue weighted by molar-refractivity contribution is 9.10. The molecular weight excluding hydrogens is 302 g/mol. The fourth-order valence-corrected chi connectivity index (χ4v) is 3.24. The van der Waals surface area contributed by atoms with E-state index in [4.69, 9.17) is 0 Å². The first-order chi connectivity index (χ1) is 9.18. The molecule has 0 fully saturated rings. The number of hydrogen-bond donors (Lipinski definition) is 1. The van der Waals surface area contributed by atoms with Crippen LogP contribution in [0, 0.1) is 0 Å². The lowest BCUT2D eigenvalue weighted by Crippen LogP contribution is -2.32. The Morgan fingerprint density at radius 2 is 2.16 bits per heavy atom. The second-order valence-corrected chi connectivity index (χ2v) is 6.09. The summed E-state index contributed by atoms with van der Waals surface area (Å²) >= 11 is 3.66. The minimum absolute atomic E-state index is 0.226. The molecule has 0 spiro atoms. The maximum absolute atomic E-state index is 4.59. The van der Waals surface area contributed by atoms with Crippen LogP contribution in [0.25, 0.3) is 0 Å². The number of nitrogens with one attached hydrogen (secondary N) is 1. The number of fused-ring (bicyclic) bond motifs is 1.